The normalized spacial score (nSPS) is 15.8. The Labute approximate surface area is 148 Å². The molecule has 1 aliphatic heterocycles. The van der Waals surface area contributed by atoms with Crippen molar-refractivity contribution >= 4 is 32.6 Å². The lowest BCUT2D eigenvalue weighted by Crippen LogP contribution is -2.45. The minimum absolute atomic E-state index is 0.169. The molecule has 1 aliphatic rings. The van der Waals surface area contributed by atoms with Crippen molar-refractivity contribution in [2.75, 3.05) is 12.0 Å². The van der Waals surface area contributed by atoms with Crippen molar-refractivity contribution in [3.05, 3.63) is 47.5 Å². The molecule has 0 unspecified atom stereocenters. The molecule has 0 saturated heterocycles. The highest BCUT2D eigenvalue weighted by Gasteiger charge is 2.27. The first-order valence-electron chi connectivity index (χ1n) is 7.92. The lowest BCUT2D eigenvalue weighted by atomic mass is 10.1. The SMILES string of the molecule is Cc1cc(C)c2nc(NNC(=O)[C@H]3COc4ccccc4O3)sc2c1. The van der Waals surface area contributed by atoms with Crippen LogP contribution in [-0.2, 0) is 4.79 Å². The number of carbonyl (C=O) groups excluding carboxylic acids is 1. The molecule has 0 bridgehead atoms. The summed E-state index contributed by atoms with van der Waals surface area (Å²) in [6, 6.07) is 11.5. The number of hydrogen-bond donors (Lipinski definition) is 2. The van der Waals surface area contributed by atoms with Crippen LogP contribution in [0, 0.1) is 13.8 Å². The highest BCUT2D eigenvalue weighted by Crippen LogP contribution is 2.31. The predicted molar refractivity (Wildman–Crippen MR) is 97.2 cm³/mol. The fraction of sp³-hybridized carbons (Fsp3) is 0.222. The highest BCUT2D eigenvalue weighted by atomic mass is 32.1. The summed E-state index contributed by atoms with van der Waals surface area (Å²) in [6.07, 6.45) is -0.708. The van der Waals surface area contributed by atoms with Gasteiger partial charge in [0.2, 0.25) is 11.2 Å². The van der Waals surface area contributed by atoms with Gasteiger partial charge >= 0.3 is 0 Å². The quantitative estimate of drug-likeness (QED) is 0.706. The summed E-state index contributed by atoms with van der Waals surface area (Å²) in [4.78, 5) is 16.8. The lowest BCUT2D eigenvalue weighted by molar-refractivity contribution is -0.129. The number of nitrogens with zero attached hydrogens (tertiary/aromatic N) is 1. The van der Waals surface area contributed by atoms with Crippen LogP contribution in [0.4, 0.5) is 5.13 Å². The van der Waals surface area contributed by atoms with Crippen LogP contribution in [0.15, 0.2) is 36.4 Å². The molecule has 0 radical (unpaired) electrons. The van der Waals surface area contributed by atoms with Crippen LogP contribution in [0.3, 0.4) is 0 Å². The number of rotatable bonds is 3. The molecule has 3 aromatic rings. The van der Waals surface area contributed by atoms with Crippen LogP contribution in [0.5, 0.6) is 11.5 Å². The molecular weight excluding hydrogens is 338 g/mol. The van der Waals surface area contributed by atoms with Gasteiger partial charge < -0.3 is 9.47 Å². The van der Waals surface area contributed by atoms with Crippen molar-refractivity contribution in [3.8, 4) is 11.5 Å². The zero-order chi connectivity index (χ0) is 17.4. The van der Waals surface area contributed by atoms with Crippen LogP contribution in [0.25, 0.3) is 10.2 Å². The van der Waals surface area contributed by atoms with E-state index >= 15 is 0 Å². The molecule has 7 heteroatoms. The van der Waals surface area contributed by atoms with Crippen molar-refractivity contribution in [1.29, 1.82) is 0 Å². The maximum Gasteiger partial charge on any atom is 0.283 e. The standard InChI is InChI=1S/C18H17N3O3S/c1-10-7-11(2)16-15(8-10)25-18(19-16)21-20-17(22)14-9-23-12-5-3-4-6-13(12)24-14/h3-8,14H,9H2,1-2H3,(H,19,21)(H,20,22)/t14-/m1/s1. The Kier molecular flexibility index (Phi) is 3.93. The number of aromatic nitrogens is 1. The van der Waals surface area contributed by atoms with Crippen LogP contribution in [-0.4, -0.2) is 23.6 Å². The molecule has 1 aromatic heterocycles. The van der Waals surface area contributed by atoms with Gasteiger partial charge in [-0.3, -0.25) is 15.6 Å². The summed E-state index contributed by atoms with van der Waals surface area (Å²) in [6.45, 7) is 4.25. The monoisotopic (exact) mass is 355 g/mol. The van der Waals surface area contributed by atoms with Crippen LogP contribution >= 0.6 is 11.3 Å². The zero-order valence-corrected chi connectivity index (χ0v) is 14.6. The minimum Gasteiger partial charge on any atom is -0.485 e. The van der Waals surface area contributed by atoms with Gasteiger partial charge in [-0.1, -0.05) is 29.5 Å². The van der Waals surface area contributed by atoms with Gasteiger partial charge in [0.25, 0.3) is 5.91 Å². The number of thiazole rings is 1. The van der Waals surface area contributed by atoms with Gasteiger partial charge in [0.1, 0.15) is 6.61 Å². The fourth-order valence-electron chi connectivity index (χ4n) is 2.77. The average Bonchev–Trinajstić information content (AvgIpc) is 3.02. The lowest BCUT2D eigenvalue weighted by Gasteiger charge is -2.25. The number of hydrazine groups is 1. The van der Waals surface area contributed by atoms with E-state index in [1.165, 1.54) is 16.9 Å². The number of ether oxygens (including phenoxy) is 2. The summed E-state index contributed by atoms with van der Waals surface area (Å²) in [5.74, 6) is 0.915. The summed E-state index contributed by atoms with van der Waals surface area (Å²) < 4.78 is 12.3. The van der Waals surface area contributed by atoms with Gasteiger partial charge in [-0.15, -0.1) is 0 Å². The van der Waals surface area contributed by atoms with Gasteiger partial charge in [-0.05, 0) is 43.2 Å². The van der Waals surface area contributed by atoms with Crippen molar-refractivity contribution in [1.82, 2.24) is 10.4 Å². The molecule has 0 fully saturated rings. The van der Waals surface area contributed by atoms with E-state index < -0.39 is 6.10 Å². The van der Waals surface area contributed by atoms with E-state index in [4.69, 9.17) is 9.47 Å². The third-order valence-electron chi connectivity index (χ3n) is 3.92. The van der Waals surface area contributed by atoms with Crippen molar-refractivity contribution in [2.24, 2.45) is 0 Å². The summed E-state index contributed by atoms with van der Waals surface area (Å²) in [5, 5.41) is 0.633. The molecule has 1 atom stereocenters. The van der Waals surface area contributed by atoms with E-state index in [0.29, 0.717) is 16.6 Å². The second-order valence-electron chi connectivity index (χ2n) is 5.93. The van der Waals surface area contributed by atoms with Crippen LogP contribution in [0.1, 0.15) is 11.1 Å². The highest BCUT2D eigenvalue weighted by molar-refractivity contribution is 7.22. The Morgan fingerprint density at radius 1 is 1.24 bits per heavy atom. The second kappa shape index (κ2) is 6.25. The number of anilines is 1. The Morgan fingerprint density at radius 3 is 2.88 bits per heavy atom. The zero-order valence-electron chi connectivity index (χ0n) is 13.8. The van der Waals surface area contributed by atoms with Gasteiger partial charge in [0, 0.05) is 0 Å². The molecule has 4 rings (SSSR count). The van der Waals surface area contributed by atoms with Gasteiger partial charge in [-0.25, -0.2) is 4.98 Å². The molecule has 25 heavy (non-hydrogen) atoms. The molecule has 1 amide bonds. The smallest absolute Gasteiger partial charge is 0.283 e. The Balaban J connectivity index is 1.43. The number of amides is 1. The van der Waals surface area contributed by atoms with E-state index in [1.54, 1.807) is 6.07 Å². The molecule has 2 N–H and O–H groups in total. The third-order valence-corrected chi connectivity index (χ3v) is 4.84. The number of hydrogen-bond acceptors (Lipinski definition) is 6. The average molecular weight is 355 g/mol. The molecule has 0 spiro atoms. The molecule has 2 heterocycles. The number of para-hydroxylation sites is 2. The predicted octanol–water partition coefficient (Wildman–Crippen LogP) is 3.20. The first-order valence-corrected chi connectivity index (χ1v) is 8.74. The molecule has 0 saturated carbocycles. The maximum atomic E-state index is 12.3. The first-order chi connectivity index (χ1) is 12.1. The van der Waals surface area contributed by atoms with E-state index in [-0.39, 0.29) is 12.5 Å². The molecule has 0 aliphatic carbocycles. The van der Waals surface area contributed by atoms with Crippen LogP contribution < -0.4 is 20.3 Å². The van der Waals surface area contributed by atoms with Crippen molar-refractivity contribution in [2.45, 2.75) is 20.0 Å². The summed E-state index contributed by atoms with van der Waals surface area (Å²) in [7, 11) is 0. The van der Waals surface area contributed by atoms with Crippen molar-refractivity contribution in [3.63, 3.8) is 0 Å². The van der Waals surface area contributed by atoms with Gasteiger partial charge in [0.15, 0.2) is 11.5 Å². The van der Waals surface area contributed by atoms with Gasteiger partial charge in [-0.2, -0.15) is 0 Å². The fourth-order valence-corrected chi connectivity index (χ4v) is 3.76. The van der Waals surface area contributed by atoms with Gasteiger partial charge in [0.05, 0.1) is 10.2 Å². The van der Waals surface area contributed by atoms with E-state index in [1.807, 2.05) is 25.1 Å². The summed E-state index contributed by atoms with van der Waals surface area (Å²) >= 11 is 1.49. The summed E-state index contributed by atoms with van der Waals surface area (Å²) in [5.41, 5.74) is 8.77. The topological polar surface area (TPSA) is 72.5 Å². The van der Waals surface area contributed by atoms with E-state index in [9.17, 15) is 4.79 Å². The Bertz CT molecular complexity index is 954. The van der Waals surface area contributed by atoms with Crippen molar-refractivity contribution < 1.29 is 14.3 Å². The minimum atomic E-state index is -0.708. The second-order valence-corrected chi connectivity index (χ2v) is 6.96. The molecular formula is C18H17N3O3S. The Morgan fingerprint density at radius 2 is 2.04 bits per heavy atom. The molecule has 2 aromatic carbocycles. The first kappa shape index (κ1) is 15.7. The number of benzene rings is 2. The number of carbonyl (C=O) groups is 1. The molecule has 128 valence electrons. The van der Waals surface area contributed by atoms with Crippen LogP contribution in [0.2, 0.25) is 0 Å². The third kappa shape index (κ3) is 3.10. The largest absolute Gasteiger partial charge is 0.485 e. The van der Waals surface area contributed by atoms with E-state index in [2.05, 4.69) is 34.9 Å². The Hall–Kier alpha value is -2.80. The maximum absolute atomic E-state index is 12.3. The number of nitrogens with one attached hydrogen (secondary N) is 2. The molecule has 6 nitrogen and oxygen atoms in total. The number of aryl methyl sites for hydroxylation is 2. The van der Waals surface area contributed by atoms with E-state index in [0.717, 1.165) is 15.8 Å². The number of fused-ring (bicyclic) bond motifs is 2.